The fourth-order valence-electron chi connectivity index (χ4n) is 3.50. The van der Waals surface area contributed by atoms with Crippen molar-refractivity contribution in [3.63, 3.8) is 0 Å². The number of carbonyl (C=O) groups is 2. The predicted molar refractivity (Wildman–Crippen MR) is 115 cm³/mol. The van der Waals surface area contributed by atoms with Crippen molar-refractivity contribution >= 4 is 40.9 Å². The van der Waals surface area contributed by atoms with Crippen molar-refractivity contribution < 1.29 is 14.3 Å². The number of amides is 2. The molecule has 0 spiro atoms. The van der Waals surface area contributed by atoms with E-state index in [1.54, 1.807) is 19.1 Å². The summed E-state index contributed by atoms with van der Waals surface area (Å²) in [5.41, 5.74) is 3.84. The number of carbonyl (C=O) groups excluding carboxylic acids is 2. The van der Waals surface area contributed by atoms with Crippen molar-refractivity contribution in [1.82, 2.24) is 10.2 Å². The van der Waals surface area contributed by atoms with Gasteiger partial charge in [-0.25, -0.2) is 4.79 Å². The second-order valence-corrected chi connectivity index (χ2v) is 7.79. The molecule has 0 saturated carbocycles. The molecule has 0 aliphatic carbocycles. The maximum absolute atomic E-state index is 12.1. The molecule has 2 aromatic rings. The van der Waals surface area contributed by atoms with E-state index in [4.69, 9.17) is 27.9 Å². The first-order valence-electron chi connectivity index (χ1n) is 9.34. The summed E-state index contributed by atoms with van der Waals surface area (Å²) in [6, 6.07) is 10.9. The number of nitrogens with zero attached hydrogens (tertiary/aromatic N) is 1. The van der Waals surface area contributed by atoms with E-state index >= 15 is 0 Å². The average molecular weight is 436 g/mol. The molecule has 1 aliphatic rings. The molecule has 29 heavy (non-hydrogen) atoms. The second-order valence-electron chi connectivity index (χ2n) is 6.94. The molecule has 1 aliphatic heterocycles. The van der Waals surface area contributed by atoms with Gasteiger partial charge in [-0.2, -0.15) is 0 Å². The summed E-state index contributed by atoms with van der Waals surface area (Å²) in [5, 5.41) is 6.51. The first-order valence-corrected chi connectivity index (χ1v) is 10.1. The summed E-state index contributed by atoms with van der Waals surface area (Å²) in [6.45, 7) is 3.37. The van der Waals surface area contributed by atoms with Crippen molar-refractivity contribution in [3.8, 4) is 0 Å². The van der Waals surface area contributed by atoms with Crippen LogP contribution in [0.25, 0.3) is 0 Å². The Bertz CT molecular complexity index is 920. The summed E-state index contributed by atoms with van der Waals surface area (Å²) < 4.78 is 4.80. The van der Waals surface area contributed by atoms with Crippen molar-refractivity contribution in [2.24, 2.45) is 0 Å². The van der Waals surface area contributed by atoms with Gasteiger partial charge in [0.25, 0.3) is 0 Å². The van der Waals surface area contributed by atoms with Crippen molar-refractivity contribution in [2.45, 2.75) is 19.4 Å². The van der Waals surface area contributed by atoms with Crippen LogP contribution in [0.3, 0.4) is 0 Å². The Morgan fingerprint density at radius 1 is 1.24 bits per heavy atom. The van der Waals surface area contributed by atoms with Gasteiger partial charge in [-0.3, -0.25) is 4.79 Å². The number of hydrogen-bond donors (Lipinski definition) is 2. The Morgan fingerprint density at radius 2 is 2.03 bits per heavy atom. The zero-order chi connectivity index (χ0) is 21.0. The molecule has 1 atom stereocenters. The number of anilines is 1. The topological polar surface area (TPSA) is 70.7 Å². The van der Waals surface area contributed by atoms with Gasteiger partial charge in [0, 0.05) is 34.7 Å². The maximum atomic E-state index is 12.1. The number of rotatable bonds is 5. The smallest absolute Gasteiger partial charge is 0.325 e. The summed E-state index contributed by atoms with van der Waals surface area (Å²) in [4.78, 5) is 25.7. The van der Waals surface area contributed by atoms with Gasteiger partial charge in [0.15, 0.2) is 0 Å². The van der Waals surface area contributed by atoms with E-state index in [1.165, 1.54) is 0 Å². The molecule has 3 rings (SSSR count). The predicted octanol–water partition coefficient (Wildman–Crippen LogP) is 4.26. The van der Waals surface area contributed by atoms with Gasteiger partial charge >= 0.3 is 12.0 Å². The third-order valence-corrected chi connectivity index (χ3v) is 5.29. The van der Waals surface area contributed by atoms with Crippen LogP contribution in [-0.2, 0) is 16.1 Å². The van der Waals surface area contributed by atoms with E-state index < -0.39 is 12.0 Å². The first-order chi connectivity index (χ1) is 13.9. The third kappa shape index (κ3) is 5.41. The van der Waals surface area contributed by atoms with Gasteiger partial charge in [0.2, 0.25) is 0 Å². The van der Waals surface area contributed by atoms with Gasteiger partial charge < -0.3 is 20.3 Å². The quantitative estimate of drug-likeness (QED) is 0.688. The van der Waals surface area contributed by atoms with Crippen LogP contribution in [0, 0.1) is 0 Å². The minimum Gasteiger partial charge on any atom is -0.465 e. The minimum absolute atomic E-state index is 0.0734. The fraction of sp³-hybridized carbons (Fsp3) is 0.333. The lowest BCUT2D eigenvalue weighted by Crippen LogP contribution is -2.34. The molecular formula is C21H23Cl2N3O3. The number of urea groups is 1. The molecule has 1 heterocycles. The molecule has 0 saturated heterocycles. The molecule has 0 fully saturated rings. The summed E-state index contributed by atoms with van der Waals surface area (Å²) in [6.07, 6.45) is 0. The summed E-state index contributed by atoms with van der Waals surface area (Å²) in [7, 11) is 2.05. The Labute approximate surface area is 180 Å². The minimum atomic E-state index is -0.480. The molecule has 2 amide bonds. The van der Waals surface area contributed by atoms with Crippen LogP contribution in [0.5, 0.6) is 0 Å². The monoisotopic (exact) mass is 435 g/mol. The lowest BCUT2D eigenvalue weighted by atomic mass is 9.84. The highest BCUT2D eigenvalue weighted by molar-refractivity contribution is 6.35. The lowest BCUT2D eigenvalue weighted by molar-refractivity contribution is -0.141. The van der Waals surface area contributed by atoms with Gasteiger partial charge in [-0.15, -0.1) is 0 Å². The molecule has 1 unspecified atom stereocenters. The van der Waals surface area contributed by atoms with E-state index in [-0.39, 0.29) is 19.1 Å². The van der Waals surface area contributed by atoms with Gasteiger partial charge in [0.05, 0.1) is 6.61 Å². The zero-order valence-electron chi connectivity index (χ0n) is 16.3. The van der Waals surface area contributed by atoms with Crippen LogP contribution < -0.4 is 10.6 Å². The summed E-state index contributed by atoms with van der Waals surface area (Å²) >= 11 is 12.7. The van der Waals surface area contributed by atoms with Crippen LogP contribution >= 0.6 is 23.2 Å². The zero-order valence-corrected chi connectivity index (χ0v) is 17.8. The van der Waals surface area contributed by atoms with Crippen LogP contribution in [0.2, 0.25) is 10.0 Å². The molecule has 0 aromatic heterocycles. The van der Waals surface area contributed by atoms with Crippen molar-refractivity contribution in [2.75, 3.05) is 32.1 Å². The molecule has 0 bridgehead atoms. The van der Waals surface area contributed by atoms with E-state index in [1.807, 2.05) is 31.3 Å². The Morgan fingerprint density at radius 3 is 2.79 bits per heavy atom. The highest BCUT2D eigenvalue weighted by Gasteiger charge is 2.27. The van der Waals surface area contributed by atoms with Crippen LogP contribution in [0.1, 0.15) is 29.5 Å². The Kier molecular flexibility index (Phi) is 7.00. The normalized spacial score (nSPS) is 16.1. The molecule has 0 radical (unpaired) electrons. The highest BCUT2D eigenvalue weighted by Crippen LogP contribution is 2.38. The SMILES string of the molecule is CCOC(=O)CNC(=O)Nc1cccc(C2CN(C)Cc3c(Cl)cc(Cl)cc32)c1. The first kappa shape index (κ1) is 21.4. The van der Waals surface area contributed by atoms with Gasteiger partial charge in [-0.1, -0.05) is 35.3 Å². The number of nitrogens with one attached hydrogen (secondary N) is 2. The van der Waals surface area contributed by atoms with Gasteiger partial charge in [0.1, 0.15) is 6.54 Å². The highest BCUT2D eigenvalue weighted by atomic mass is 35.5. The van der Waals surface area contributed by atoms with Crippen molar-refractivity contribution in [3.05, 3.63) is 63.1 Å². The lowest BCUT2D eigenvalue weighted by Gasteiger charge is -2.33. The number of fused-ring (bicyclic) bond motifs is 1. The number of hydrogen-bond acceptors (Lipinski definition) is 4. The second kappa shape index (κ2) is 9.48. The fourth-order valence-corrected chi connectivity index (χ4v) is 4.07. The standard InChI is InChI=1S/C21H23Cl2N3O3/c1-3-29-20(27)10-24-21(28)25-15-6-4-5-13(7-15)17-11-26(2)12-18-16(17)8-14(22)9-19(18)23/h4-9,17H,3,10-12H2,1-2H3,(H2,24,25,28). The number of esters is 1. The Balaban J connectivity index is 1.78. The number of halogens is 2. The molecule has 8 heteroatoms. The molecule has 2 N–H and O–H groups in total. The third-order valence-electron chi connectivity index (χ3n) is 4.74. The summed E-state index contributed by atoms with van der Waals surface area (Å²) in [5.74, 6) is -0.406. The molecular weight excluding hydrogens is 413 g/mol. The largest absolute Gasteiger partial charge is 0.465 e. The van der Waals surface area contributed by atoms with Gasteiger partial charge in [-0.05, 0) is 54.9 Å². The average Bonchev–Trinajstić information content (AvgIpc) is 2.67. The van der Waals surface area contributed by atoms with E-state index in [2.05, 4.69) is 15.5 Å². The molecule has 154 valence electrons. The number of likely N-dealkylation sites (N-methyl/N-ethyl adjacent to an activating group) is 1. The van der Waals surface area contributed by atoms with E-state index in [0.717, 1.165) is 29.8 Å². The Hall–Kier alpha value is -2.28. The van der Waals surface area contributed by atoms with Crippen LogP contribution in [0.4, 0.5) is 10.5 Å². The van der Waals surface area contributed by atoms with Crippen molar-refractivity contribution in [1.29, 1.82) is 0 Å². The molecule has 2 aromatic carbocycles. The van der Waals surface area contributed by atoms with Crippen LogP contribution in [-0.4, -0.2) is 43.6 Å². The molecule has 6 nitrogen and oxygen atoms in total. The van der Waals surface area contributed by atoms with E-state index in [0.29, 0.717) is 15.7 Å². The maximum Gasteiger partial charge on any atom is 0.325 e. The number of benzene rings is 2. The number of ether oxygens (including phenoxy) is 1. The van der Waals surface area contributed by atoms with Crippen LogP contribution in [0.15, 0.2) is 36.4 Å². The van der Waals surface area contributed by atoms with E-state index in [9.17, 15) is 9.59 Å².